The van der Waals surface area contributed by atoms with Gasteiger partial charge in [0.05, 0.1) is 19.4 Å². The van der Waals surface area contributed by atoms with Gasteiger partial charge < -0.3 is 15.2 Å². The van der Waals surface area contributed by atoms with E-state index in [4.69, 9.17) is 15.2 Å². The smallest absolute Gasteiger partial charge is 0.359 e. The predicted molar refractivity (Wildman–Crippen MR) is 94.4 cm³/mol. The second-order valence-electron chi connectivity index (χ2n) is 5.33. The van der Waals surface area contributed by atoms with Gasteiger partial charge in [-0.15, -0.1) is 0 Å². The molecule has 0 aliphatic carbocycles. The molecule has 1 aromatic carbocycles. The molecule has 0 atom stereocenters. The van der Waals surface area contributed by atoms with Crippen LogP contribution >= 0.6 is 0 Å². The molecule has 2 N–H and O–H groups in total. The third-order valence-electron chi connectivity index (χ3n) is 3.90. The molecule has 2 aromatic heterocycles. The van der Waals surface area contributed by atoms with E-state index in [1.807, 2.05) is 25.1 Å². The van der Waals surface area contributed by atoms with Gasteiger partial charge in [0.1, 0.15) is 11.3 Å². The van der Waals surface area contributed by atoms with E-state index in [0.29, 0.717) is 22.5 Å². The Kier molecular flexibility index (Phi) is 4.47. The number of nitrogens with two attached hydrogens (primary N) is 1. The van der Waals surface area contributed by atoms with Crippen LogP contribution < -0.4 is 10.5 Å². The summed E-state index contributed by atoms with van der Waals surface area (Å²) >= 11 is 0. The highest BCUT2D eigenvalue weighted by Crippen LogP contribution is 2.38. The van der Waals surface area contributed by atoms with Crippen LogP contribution in [0.4, 0.5) is 5.69 Å². The van der Waals surface area contributed by atoms with Crippen LogP contribution in [0.2, 0.25) is 0 Å². The van der Waals surface area contributed by atoms with Crippen molar-refractivity contribution in [3.05, 3.63) is 41.9 Å². The van der Waals surface area contributed by atoms with Crippen LogP contribution in [0.15, 0.2) is 30.6 Å². The number of hydrogen-bond acceptors (Lipinski definition) is 7. The summed E-state index contributed by atoms with van der Waals surface area (Å²) in [7, 11) is 1.60. The first kappa shape index (κ1) is 16.6. The number of ether oxygens (including phenoxy) is 2. The number of hydrogen-bond donors (Lipinski definition) is 1. The number of rotatable bonds is 4. The molecule has 0 saturated heterocycles. The zero-order valence-corrected chi connectivity index (χ0v) is 14.2. The summed E-state index contributed by atoms with van der Waals surface area (Å²) < 4.78 is 10.5. The number of esters is 1. The van der Waals surface area contributed by atoms with Crippen molar-refractivity contribution in [1.82, 2.24) is 15.0 Å². The second-order valence-corrected chi connectivity index (χ2v) is 5.33. The van der Waals surface area contributed by atoms with Crippen LogP contribution in [-0.2, 0) is 4.74 Å². The van der Waals surface area contributed by atoms with Crippen LogP contribution in [0, 0.1) is 6.92 Å². The van der Waals surface area contributed by atoms with Gasteiger partial charge in [-0.25, -0.2) is 14.8 Å². The average molecular weight is 338 g/mol. The Morgan fingerprint density at radius 2 is 2.00 bits per heavy atom. The van der Waals surface area contributed by atoms with Gasteiger partial charge >= 0.3 is 5.97 Å². The number of pyridine rings is 1. The van der Waals surface area contributed by atoms with Gasteiger partial charge in [0.25, 0.3) is 0 Å². The Morgan fingerprint density at radius 3 is 2.72 bits per heavy atom. The van der Waals surface area contributed by atoms with Crippen LogP contribution in [0.25, 0.3) is 22.3 Å². The number of anilines is 1. The number of fused-ring (bicyclic) bond motifs is 1. The lowest BCUT2D eigenvalue weighted by Gasteiger charge is -2.15. The molecule has 128 valence electrons. The maximum Gasteiger partial charge on any atom is 0.359 e. The molecule has 0 fully saturated rings. The third kappa shape index (κ3) is 2.84. The molecular formula is C18H18N4O3. The first-order valence-electron chi connectivity index (χ1n) is 7.79. The Balaban J connectivity index is 2.37. The summed E-state index contributed by atoms with van der Waals surface area (Å²) in [6.07, 6.45) is 3.08. The minimum Gasteiger partial charge on any atom is -0.496 e. The van der Waals surface area contributed by atoms with E-state index in [-0.39, 0.29) is 18.0 Å². The summed E-state index contributed by atoms with van der Waals surface area (Å²) in [5.41, 5.74) is 9.67. The number of benzene rings is 1. The van der Waals surface area contributed by atoms with Gasteiger partial charge in [-0.1, -0.05) is 12.1 Å². The Bertz CT molecular complexity index is 956. The molecule has 3 rings (SSSR count). The second kappa shape index (κ2) is 6.72. The predicted octanol–water partition coefficient (Wildman–Crippen LogP) is 2.77. The van der Waals surface area contributed by atoms with Crippen molar-refractivity contribution in [2.45, 2.75) is 13.8 Å². The quantitative estimate of drug-likeness (QED) is 0.730. The number of aromatic nitrogens is 3. The topological polar surface area (TPSA) is 100 Å². The fourth-order valence-electron chi connectivity index (χ4n) is 2.74. The standard InChI is InChI=1S/C18H18N4O3/c1-4-25-18(23)16-14(19)13(15-17(22-16)21-9-8-20-15)11-6-5-7-12(24-3)10(11)2/h5-9H,4,19H2,1-3H3. The molecule has 0 saturated carbocycles. The Morgan fingerprint density at radius 1 is 1.24 bits per heavy atom. The van der Waals surface area contributed by atoms with Crippen molar-refractivity contribution in [3.8, 4) is 16.9 Å². The Hall–Kier alpha value is -3.22. The summed E-state index contributed by atoms with van der Waals surface area (Å²) in [6, 6.07) is 5.61. The van der Waals surface area contributed by atoms with Crippen LogP contribution in [0.1, 0.15) is 23.0 Å². The highest BCUT2D eigenvalue weighted by molar-refractivity contribution is 6.05. The van der Waals surface area contributed by atoms with E-state index < -0.39 is 5.97 Å². The lowest BCUT2D eigenvalue weighted by Crippen LogP contribution is -2.13. The van der Waals surface area contributed by atoms with Crippen molar-refractivity contribution in [2.75, 3.05) is 19.5 Å². The minimum absolute atomic E-state index is 0.0343. The number of carbonyl (C=O) groups is 1. The van der Waals surface area contributed by atoms with Crippen molar-refractivity contribution in [3.63, 3.8) is 0 Å². The number of nitrogens with zero attached hydrogens (tertiary/aromatic N) is 3. The first-order chi connectivity index (χ1) is 12.1. The molecule has 0 amide bonds. The third-order valence-corrected chi connectivity index (χ3v) is 3.90. The molecule has 0 aliphatic rings. The van der Waals surface area contributed by atoms with Crippen LogP contribution in [0.3, 0.4) is 0 Å². The van der Waals surface area contributed by atoms with Gasteiger partial charge in [0, 0.05) is 18.0 Å². The summed E-state index contributed by atoms with van der Waals surface area (Å²) in [6.45, 7) is 3.87. The van der Waals surface area contributed by atoms with Gasteiger partial charge in [0.15, 0.2) is 11.3 Å². The highest BCUT2D eigenvalue weighted by atomic mass is 16.5. The molecule has 0 bridgehead atoms. The molecule has 7 nitrogen and oxygen atoms in total. The van der Waals surface area contributed by atoms with Gasteiger partial charge in [-0.3, -0.25) is 4.98 Å². The summed E-state index contributed by atoms with van der Waals surface area (Å²) in [4.78, 5) is 25.1. The van der Waals surface area contributed by atoms with E-state index in [1.165, 1.54) is 6.20 Å². The molecule has 0 radical (unpaired) electrons. The molecule has 3 aromatic rings. The monoisotopic (exact) mass is 338 g/mol. The SMILES string of the molecule is CCOC(=O)c1nc2nccnc2c(-c2cccc(OC)c2C)c1N. The zero-order valence-electron chi connectivity index (χ0n) is 14.2. The molecule has 25 heavy (non-hydrogen) atoms. The Labute approximate surface area is 144 Å². The molecule has 2 heterocycles. The highest BCUT2D eigenvalue weighted by Gasteiger charge is 2.23. The maximum atomic E-state index is 12.3. The molecular weight excluding hydrogens is 320 g/mol. The van der Waals surface area contributed by atoms with Gasteiger partial charge in [-0.05, 0) is 31.0 Å². The van der Waals surface area contributed by atoms with E-state index >= 15 is 0 Å². The van der Waals surface area contributed by atoms with E-state index in [1.54, 1.807) is 20.2 Å². The lowest BCUT2D eigenvalue weighted by atomic mass is 9.97. The molecule has 0 unspecified atom stereocenters. The number of methoxy groups -OCH3 is 1. The van der Waals surface area contributed by atoms with E-state index in [9.17, 15) is 4.79 Å². The van der Waals surface area contributed by atoms with E-state index in [2.05, 4.69) is 15.0 Å². The average Bonchev–Trinajstić information content (AvgIpc) is 2.62. The molecule has 7 heteroatoms. The maximum absolute atomic E-state index is 12.3. The number of carbonyl (C=O) groups excluding carboxylic acids is 1. The number of nitrogen functional groups attached to an aromatic ring is 1. The van der Waals surface area contributed by atoms with E-state index in [0.717, 1.165) is 11.1 Å². The fourth-order valence-corrected chi connectivity index (χ4v) is 2.74. The minimum atomic E-state index is -0.589. The largest absolute Gasteiger partial charge is 0.496 e. The van der Waals surface area contributed by atoms with Crippen molar-refractivity contribution < 1.29 is 14.3 Å². The lowest BCUT2D eigenvalue weighted by molar-refractivity contribution is 0.0521. The summed E-state index contributed by atoms with van der Waals surface area (Å²) in [5.74, 6) is 0.123. The van der Waals surface area contributed by atoms with Crippen molar-refractivity contribution >= 4 is 22.8 Å². The van der Waals surface area contributed by atoms with Crippen LogP contribution in [0.5, 0.6) is 5.75 Å². The molecule has 0 spiro atoms. The van der Waals surface area contributed by atoms with Crippen molar-refractivity contribution in [2.24, 2.45) is 0 Å². The summed E-state index contributed by atoms with van der Waals surface area (Å²) in [5, 5.41) is 0. The molecule has 0 aliphatic heterocycles. The van der Waals surface area contributed by atoms with Crippen molar-refractivity contribution in [1.29, 1.82) is 0 Å². The van der Waals surface area contributed by atoms with Crippen LogP contribution in [-0.4, -0.2) is 34.6 Å². The fraction of sp³-hybridized carbons (Fsp3) is 0.222. The van der Waals surface area contributed by atoms with Gasteiger partial charge in [0.2, 0.25) is 0 Å². The normalized spacial score (nSPS) is 10.7. The van der Waals surface area contributed by atoms with Gasteiger partial charge in [-0.2, -0.15) is 0 Å². The zero-order chi connectivity index (χ0) is 18.0. The first-order valence-corrected chi connectivity index (χ1v) is 7.79.